The van der Waals surface area contributed by atoms with Crippen molar-refractivity contribution in [2.24, 2.45) is 0 Å². The molecule has 0 radical (unpaired) electrons. The van der Waals surface area contributed by atoms with Crippen LogP contribution in [0.2, 0.25) is 0 Å². The van der Waals surface area contributed by atoms with Crippen LogP contribution in [0.3, 0.4) is 0 Å². The molecule has 1 atom stereocenters. The van der Waals surface area contributed by atoms with Gasteiger partial charge in [0, 0.05) is 5.88 Å². The van der Waals surface area contributed by atoms with Gasteiger partial charge in [-0.2, -0.15) is 4.39 Å². The molecule has 0 heterocycles. The van der Waals surface area contributed by atoms with Crippen LogP contribution in [-0.2, 0) is 5.88 Å². The SMILES string of the molecule is COc1ccc(CCl)cc1OC(F)C(F)F. The molecule has 16 heavy (non-hydrogen) atoms. The molecule has 0 saturated carbocycles. The number of ether oxygens (including phenoxy) is 2. The Morgan fingerprint density at radius 2 is 1.94 bits per heavy atom. The topological polar surface area (TPSA) is 18.5 Å². The van der Waals surface area contributed by atoms with Crippen LogP contribution in [0, 0.1) is 0 Å². The Balaban J connectivity index is 2.91. The summed E-state index contributed by atoms with van der Waals surface area (Å²) in [6.45, 7) is 0. The van der Waals surface area contributed by atoms with Crippen LogP contribution < -0.4 is 9.47 Å². The van der Waals surface area contributed by atoms with Crippen LogP contribution in [0.5, 0.6) is 11.5 Å². The van der Waals surface area contributed by atoms with E-state index >= 15 is 0 Å². The zero-order valence-electron chi connectivity index (χ0n) is 8.42. The van der Waals surface area contributed by atoms with Gasteiger partial charge in [0.1, 0.15) is 0 Å². The molecule has 0 spiro atoms. The first-order valence-electron chi connectivity index (χ1n) is 4.40. The minimum absolute atomic E-state index is 0.0894. The van der Waals surface area contributed by atoms with Crippen molar-refractivity contribution >= 4 is 11.6 Å². The fourth-order valence-electron chi connectivity index (χ4n) is 1.07. The monoisotopic (exact) mass is 254 g/mol. The number of rotatable bonds is 5. The van der Waals surface area contributed by atoms with Gasteiger partial charge < -0.3 is 9.47 Å². The maximum Gasteiger partial charge on any atom is 0.304 e. The van der Waals surface area contributed by atoms with E-state index in [0.717, 1.165) is 0 Å². The first-order chi connectivity index (χ1) is 7.58. The number of halogens is 4. The third-order valence-electron chi connectivity index (χ3n) is 1.82. The molecule has 0 aromatic heterocycles. The molecule has 0 aliphatic heterocycles. The summed E-state index contributed by atoms with van der Waals surface area (Å²) in [6.07, 6.45) is -5.89. The van der Waals surface area contributed by atoms with E-state index in [-0.39, 0.29) is 17.4 Å². The lowest BCUT2D eigenvalue weighted by Gasteiger charge is -2.14. The van der Waals surface area contributed by atoms with Gasteiger partial charge in [0.2, 0.25) is 0 Å². The van der Waals surface area contributed by atoms with E-state index in [1.807, 2.05) is 0 Å². The van der Waals surface area contributed by atoms with E-state index in [9.17, 15) is 13.2 Å². The zero-order valence-corrected chi connectivity index (χ0v) is 9.18. The third kappa shape index (κ3) is 3.20. The molecule has 0 aliphatic carbocycles. The predicted octanol–water partition coefficient (Wildman–Crippen LogP) is 3.37. The molecule has 1 aromatic carbocycles. The standard InChI is InChI=1S/C10H10ClF3O2/c1-15-7-3-2-6(5-11)4-8(7)16-10(14)9(12)13/h2-4,9-10H,5H2,1H3. The number of alkyl halides is 4. The molecule has 90 valence electrons. The predicted molar refractivity (Wildman–Crippen MR) is 54.1 cm³/mol. The average molecular weight is 255 g/mol. The van der Waals surface area contributed by atoms with Gasteiger partial charge in [-0.15, -0.1) is 11.6 Å². The van der Waals surface area contributed by atoms with Crippen LogP contribution in [0.15, 0.2) is 18.2 Å². The van der Waals surface area contributed by atoms with Crippen LogP contribution >= 0.6 is 11.6 Å². The Bertz CT molecular complexity index is 347. The Hall–Kier alpha value is -1.10. The first kappa shape index (κ1) is 13.0. The normalized spacial score (nSPS) is 12.6. The van der Waals surface area contributed by atoms with Gasteiger partial charge in [-0.25, -0.2) is 8.78 Å². The lowest BCUT2D eigenvalue weighted by atomic mass is 10.2. The second-order valence-electron chi connectivity index (χ2n) is 2.92. The van der Waals surface area contributed by atoms with Gasteiger partial charge in [0.05, 0.1) is 7.11 Å². The van der Waals surface area contributed by atoms with Gasteiger partial charge in [-0.3, -0.25) is 0 Å². The summed E-state index contributed by atoms with van der Waals surface area (Å²) in [5.41, 5.74) is 0.624. The van der Waals surface area contributed by atoms with Crippen LogP contribution in [-0.4, -0.2) is 19.9 Å². The summed E-state index contributed by atoms with van der Waals surface area (Å²) in [7, 11) is 1.33. The van der Waals surface area contributed by atoms with E-state index in [1.54, 1.807) is 6.07 Å². The second-order valence-corrected chi connectivity index (χ2v) is 3.19. The molecule has 2 nitrogen and oxygen atoms in total. The second kappa shape index (κ2) is 5.84. The van der Waals surface area contributed by atoms with Gasteiger partial charge in [0.15, 0.2) is 11.5 Å². The van der Waals surface area contributed by atoms with Crippen molar-refractivity contribution in [3.05, 3.63) is 23.8 Å². The van der Waals surface area contributed by atoms with E-state index < -0.39 is 12.8 Å². The highest BCUT2D eigenvalue weighted by atomic mass is 35.5. The Kier molecular flexibility index (Phi) is 4.73. The number of benzene rings is 1. The number of hydrogen-bond donors (Lipinski definition) is 0. The molecule has 0 N–H and O–H groups in total. The molecule has 0 fully saturated rings. The van der Waals surface area contributed by atoms with Crippen molar-refractivity contribution in [3.8, 4) is 11.5 Å². The lowest BCUT2D eigenvalue weighted by Crippen LogP contribution is -2.19. The summed E-state index contributed by atoms with van der Waals surface area (Å²) >= 11 is 5.56. The summed E-state index contributed by atoms with van der Waals surface area (Å²) in [6, 6.07) is 4.47. The quantitative estimate of drug-likeness (QED) is 0.750. The molecule has 1 unspecified atom stereocenters. The minimum Gasteiger partial charge on any atom is -0.493 e. The van der Waals surface area contributed by atoms with Crippen molar-refractivity contribution in [2.75, 3.05) is 7.11 Å². The molecule has 0 aliphatic rings. The highest BCUT2D eigenvalue weighted by molar-refractivity contribution is 6.17. The number of hydrogen-bond acceptors (Lipinski definition) is 2. The molecule has 1 rings (SSSR count). The Labute approximate surface area is 95.9 Å². The highest BCUT2D eigenvalue weighted by Gasteiger charge is 2.22. The van der Waals surface area contributed by atoms with E-state index in [0.29, 0.717) is 5.56 Å². The van der Waals surface area contributed by atoms with Gasteiger partial charge in [-0.05, 0) is 17.7 Å². The van der Waals surface area contributed by atoms with Crippen molar-refractivity contribution in [1.82, 2.24) is 0 Å². The van der Waals surface area contributed by atoms with Crippen molar-refractivity contribution in [3.63, 3.8) is 0 Å². The largest absolute Gasteiger partial charge is 0.493 e. The van der Waals surface area contributed by atoms with Gasteiger partial charge in [-0.1, -0.05) is 6.07 Å². The Morgan fingerprint density at radius 1 is 1.25 bits per heavy atom. The molecular weight excluding hydrogens is 245 g/mol. The minimum atomic E-state index is -3.20. The smallest absolute Gasteiger partial charge is 0.304 e. The average Bonchev–Trinajstić information content (AvgIpc) is 2.28. The lowest BCUT2D eigenvalue weighted by molar-refractivity contribution is -0.0678. The van der Waals surface area contributed by atoms with Crippen LogP contribution in [0.4, 0.5) is 13.2 Å². The van der Waals surface area contributed by atoms with E-state index in [4.69, 9.17) is 16.3 Å². The van der Waals surface area contributed by atoms with Crippen molar-refractivity contribution in [1.29, 1.82) is 0 Å². The molecule has 6 heteroatoms. The van der Waals surface area contributed by atoms with E-state index in [1.165, 1.54) is 19.2 Å². The van der Waals surface area contributed by atoms with Crippen molar-refractivity contribution in [2.45, 2.75) is 18.7 Å². The summed E-state index contributed by atoms with van der Waals surface area (Å²) in [5, 5.41) is 0. The number of methoxy groups -OCH3 is 1. The van der Waals surface area contributed by atoms with Gasteiger partial charge >= 0.3 is 6.43 Å². The molecule has 0 saturated heterocycles. The fourth-order valence-corrected chi connectivity index (χ4v) is 1.24. The molecular formula is C10H10ClF3O2. The van der Waals surface area contributed by atoms with Gasteiger partial charge in [0.25, 0.3) is 6.36 Å². The van der Waals surface area contributed by atoms with Crippen LogP contribution in [0.25, 0.3) is 0 Å². The van der Waals surface area contributed by atoms with Crippen molar-refractivity contribution < 1.29 is 22.6 Å². The summed E-state index contributed by atoms with van der Waals surface area (Å²) in [4.78, 5) is 0. The molecule has 0 amide bonds. The molecule has 1 aromatic rings. The summed E-state index contributed by atoms with van der Waals surface area (Å²) < 4.78 is 45.9. The van der Waals surface area contributed by atoms with Crippen LogP contribution in [0.1, 0.15) is 5.56 Å². The Morgan fingerprint density at radius 3 is 2.44 bits per heavy atom. The maximum atomic E-state index is 12.7. The zero-order chi connectivity index (χ0) is 12.1. The third-order valence-corrected chi connectivity index (χ3v) is 2.13. The summed E-state index contributed by atoms with van der Waals surface area (Å²) in [5.74, 6) is 0.261. The fraction of sp³-hybridized carbons (Fsp3) is 0.400. The highest BCUT2D eigenvalue weighted by Crippen LogP contribution is 2.30. The maximum absolute atomic E-state index is 12.7. The molecule has 0 bridgehead atoms. The first-order valence-corrected chi connectivity index (χ1v) is 4.93. The van der Waals surface area contributed by atoms with E-state index in [2.05, 4.69) is 4.74 Å².